The second kappa shape index (κ2) is 18.4. The highest BCUT2D eigenvalue weighted by atomic mass is 16.5. The zero-order chi connectivity index (χ0) is 29.3. The summed E-state index contributed by atoms with van der Waals surface area (Å²) < 4.78 is 21.5. The summed E-state index contributed by atoms with van der Waals surface area (Å²) in [5.74, 6) is -1.49. The molecule has 12 nitrogen and oxygen atoms in total. The zero-order valence-electron chi connectivity index (χ0n) is 23.9. The Morgan fingerprint density at radius 2 is 1.59 bits per heavy atom. The topological polar surface area (TPSA) is 145 Å². The number of carbonyl (C=O) groups excluding carboxylic acids is 3. The molecule has 0 saturated carbocycles. The maximum atomic E-state index is 13.1. The molecule has 0 spiro atoms. The Balaban J connectivity index is 1.50. The van der Waals surface area contributed by atoms with E-state index in [4.69, 9.17) is 24.7 Å². The quantitative estimate of drug-likeness (QED) is 0.238. The summed E-state index contributed by atoms with van der Waals surface area (Å²) in [6, 6.07) is -1.88. The third kappa shape index (κ3) is 12.6. The van der Waals surface area contributed by atoms with Crippen LogP contribution < -0.4 is 16.4 Å². The lowest BCUT2D eigenvalue weighted by atomic mass is 9.99. The van der Waals surface area contributed by atoms with Crippen LogP contribution in [0.1, 0.15) is 19.3 Å². The number of allylic oxidation sites excluding steroid dienone is 4. The highest BCUT2D eigenvalue weighted by molar-refractivity contribution is 5.85. The van der Waals surface area contributed by atoms with E-state index in [1.165, 1.54) is 0 Å². The van der Waals surface area contributed by atoms with Gasteiger partial charge in [0.15, 0.2) is 0 Å². The maximum Gasteiger partial charge on any atom is 0.329 e. The summed E-state index contributed by atoms with van der Waals surface area (Å²) in [7, 11) is 0. The van der Waals surface area contributed by atoms with Crippen molar-refractivity contribution >= 4 is 17.8 Å². The van der Waals surface area contributed by atoms with E-state index in [0.717, 1.165) is 31.8 Å². The number of esters is 2. The average Bonchev–Trinajstić information content (AvgIpc) is 3.08. The molecule has 3 aliphatic heterocycles. The van der Waals surface area contributed by atoms with Crippen LogP contribution in [0, 0.1) is 0 Å². The number of amides is 1. The first-order chi connectivity index (χ1) is 19.9. The van der Waals surface area contributed by atoms with Crippen LogP contribution >= 0.6 is 0 Å². The smallest absolute Gasteiger partial charge is 0.329 e. The first-order valence-corrected chi connectivity index (χ1v) is 14.4. The van der Waals surface area contributed by atoms with Crippen LogP contribution in [-0.4, -0.2) is 125 Å². The Kier molecular flexibility index (Phi) is 14.6. The predicted molar refractivity (Wildman–Crippen MR) is 154 cm³/mol. The molecule has 1 amide bonds. The van der Waals surface area contributed by atoms with Crippen molar-refractivity contribution in [3.8, 4) is 0 Å². The van der Waals surface area contributed by atoms with E-state index in [9.17, 15) is 14.4 Å². The maximum absolute atomic E-state index is 13.1. The first kappa shape index (κ1) is 32.5. The fourth-order valence-corrected chi connectivity index (χ4v) is 4.45. The summed E-state index contributed by atoms with van der Waals surface area (Å²) in [4.78, 5) is 42.6. The molecule has 0 unspecified atom stereocenters. The van der Waals surface area contributed by atoms with Crippen molar-refractivity contribution in [3.63, 3.8) is 0 Å². The van der Waals surface area contributed by atoms with Gasteiger partial charge in [-0.1, -0.05) is 30.9 Å². The Morgan fingerprint density at radius 1 is 0.976 bits per heavy atom. The van der Waals surface area contributed by atoms with Gasteiger partial charge in [-0.05, 0) is 17.6 Å². The van der Waals surface area contributed by atoms with Crippen molar-refractivity contribution in [1.29, 1.82) is 0 Å². The van der Waals surface area contributed by atoms with Crippen molar-refractivity contribution in [1.82, 2.24) is 20.4 Å². The number of ether oxygens (including phenoxy) is 4. The van der Waals surface area contributed by atoms with Crippen LogP contribution in [0.3, 0.4) is 0 Å². The van der Waals surface area contributed by atoms with Crippen molar-refractivity contribution in [2.24, 2.45) is 5.73 Å². The molecule has 2 fully saturated rings. The number of hydrogen-bond acceptors (Lipinski definition) is 11. The van der Waals surface area contributed by atoms with Crippen molar-refractivity contribution < 1.29 is 33.3 Å². The van der Waals surface area contributed by atoms with Crippen LogP contribution in [-0.2, 0) is 33.3 Å². The van der Waals surface area contributed by atoms with Crippen molar-refractivity contribution in [2.75, 3.05) is 85.5 Å². The second-order valence-electron chi connectivity index (χ2n) is 10.1. The Labute approximate surface area is 242 Å². The average molecular weight is 576 g/mol. The highest BCUT2D eigenvalue weighted by Crippen LogP contribution is 2.17. The fourth-order valence-electron chi connectivity index (χ4n) is 4.45. The van der Waals surface area contributed by atoms with E-state index >= 15 is 0 Å². The van der Waals surface area contributed by atoms with E-state index in [0.29, 0.717) is 51.6 Å². The van der Waals surface area contributed by atoms with Crippen molar-refractivity contribution in [2.45, 2.75) is 31.3 Å². The molecular formula is C29H45N5O7. The molecule has 3 heterocycles. The van der Waals surface area contributed by atoms with Gasteiger partial charge in [0, 0.05) is 64.9 Å². The molecular weight excluding hydrogens is 530 g/mol. The van der Waals surface area contributed by atoms with Crippen LogP contribution in [0.4, 0.5) is 0 Å². The first-order valence-electron chi connectivity index (χ1n) is 14.4. The number of carbonyl (C=O) groups is 3. The molecule has 0 bridgehead atoms. The molecule has 12 heteroatoms. The highest BCUT2D eigenvalue weighted by Gasteiger charge is 2.26. The van der Waals surface area contributed by atoms with E-state index in [1.54, 1.807) is 6.20 Å². The predicted octanol–water partition coefficient (Wildman–Crippen LogP) is -0.125. The zero-order valence-corrected chi connectivity index (χ0v) is 23.9. The van der Waals surface area contributed by atoms with Crippen molar-refractivity contribution in [3.05, 3.63) is 48.2 Å². The number of morpholine rings is 2. The minimum atomic E-state index is -0.942. The number of nitrogens with zero attached hydrogens (tertiary/aromatic N) is 2. The van der Waals surface area contributed by atoms with Gasteiger partial charge < -0.3 is 35.3 Å². The molecule has 41 heavy (non-hydrogen) atoms. The summed E-state index contributed by atoms with van der Waals surface area (Å²) in [5.41, 5.74) is 7.47. The molecule has 0 aromatic rings. The SMILES string of the molecule is C=C1/C=C\C=C/CNC=C1C[C@@H](NC(=O)CC[C@@H](N)C(=O)OCCN1CCOCC1)C(=O)OCCN1CCOCC1. The summed E-state index contributed by atoms with van der Waals surface area (Å²) >= 11 is 0. The minimum absolute atomic E-state index is 0.0423. The molecule has 0 aromatic heterocycles. The van der Waals surface area contributed by atoms with Gasteiger partial charge >= 0.3 is 11.9 Å². The Hall–Kier alpha value is -3.03. The van der Waals surface area contributed by atoms with Gasteiger partial charge in [0.2, 0.25) is 5.91 Å². The van der Waals surface area contributed by atoms with Gasteiger partial charge in [-0.3, -0.25) is 19.4 Å². The lowest BCUT2D eigenvalue weighted by Gasteiger charge is -2.26. The Morgan fingerprint density at radius 3 is 2.22 bits per heavy atom. The van der Waals surface area contributed by atoms with Crippen LogP contribution in [0.2, 0.25) is 0 Å². The molecule has 228 valence electrons. The normalized spacial score (nSPS) is 21.6. The number of nitrogens with one attached hydrogen (secondary N) is 2. The minimum Gasteiger partial charge on any atom is -0.463 e. The summed E-state index contributed by atoms with van der Waals surface area (Å²) in [5, 5.41) is 5.95. The standard InChI is InChI=1S/C29H45N5O7/c1-23-5-3-2-4-8-31-22-24(23)21-26(29(37)41-20-14-34-11-17-39-18-12-34)32-27(35)7-6-25(30)28(36)40-19-13-33-9-15-38-16-10-33/h2-5,22,25-26,31H,1,6-21,30H2,(H,32,35)/b4-2-,5-3-,24-22?/t25-,26-/m1/s1. The number of hydrogen-bond donors (Lipinski definition) is 3. The lowest BCUT2D eigenvalue weighted by molar-refractivity contribution is -0.149. The lowest BCUT2D eigenvalue weighted by Crippen LogP contribution is -2.44. The molecule has 0 radical (unpaired) electrons. The third-order valence-electron chi connectivity index (χ3n) is 7.01. The molecule has 4 N–H and O–H groups in total. The molecule has 2 atom stereocenters. The molecule has 2 saturated heterocycles. The van der Waals surface area contributed by atoms with Gasteiger partial charge in [-0.2, -0.15) is 0 Å². The van der Waals surface area contributed by atoms with Gasteiger partial charge in [0.1, 0.15) is 25.3 Å². The van der Waals surface area contributed by atoms with E-state index < -0.39 is 29.9 Å². The molecule has 3 aliphatic rings. The van der Waals surface area contributed by atoms with Gasteiger partial charge in [-0.25, -0.2) is 4.79 Å². The fraction of sp³-hybridized carbons (Fsp3) is 0.621. The van der Waals surface area contributed by atoms with E-state index in [-0.39, 0.29) is 32.5 Å². The van der Waals surface area contributed by atoms with Crippen LogP contribution in [0.15, 0.2) is 48.2 Å². The monoisotopic (exact) mass is 575 g/mol. The van der Waals surface area contributed by atoms with Crippen LogP contribution in [0.5, 0.6) is 0 Å². The van der Waals surface area contributed by atoms with Crippen LogP contribution in [0.25, 0.3) is 0 Å². The van der Waals surface area contributed by atoms with E-state index in [2.05, 4.69) is 27.0 Å². The number of rotatable bonds is 14. The Bertz CT molecular complexity index is 955. The molecule has 0 aliphatic carbocycles. The number of nitrogens with two attached hydrogens (primary N) is 1. The van der Waals surface area contributed by atoms with E-state index in [1.807, 2.05) is 24.3 Å². The second-order valence-corrected chi connectivity index (χ2v) is 10.1. The third-order valence-corrected chi connectivity index (χ3v) is 7.01. The summed E-state index contributed by atoms with van der Waals surface area (Å²) in [6.45, 7) is 12.2. The van der Waals surface area contributed by atoms with Gasteiger partial charge in [0.05, 0.1) is 26.4 Å². The molecule has 0 aromatic carbocycles. The van der Waals surface area contributed by atoms with Gasteiger partial charge in [0.25, 0.3) is 0 Å². The largest absolute Gasteiger partial charge is 0.463 e. The van der Waals surface area contributed by atoms with Gasteiger partial charge in [-0.15, -0.1) is 0 Å². The summed E-state index contributed by atoms with van der Waals surface area (Å²) in [6.07, 6.45) is 9.62. The molecule has 3 rings (SSSR count).